The van der Waals surface area contributed by atoms with Crippen molar-refractivity contribution in [3.8, 4) is 5.75 Å². The van der Waals surface area contributed by atoms with Crippen molar-refractivity contribution in [2.75, 3.05) is 13.2 Å². The summed E-state index contributed by atoms with van der Waals surface area (Å²) in [4.78, 5) is 28.5. The van der Waals surface area contributed by atoms with Crippen LogP contribution in [0.15, 0.2) is 57.9 Å². The number of fused-ring (bicyclic) bond motifs is 1. The summed E-state index contributed by atoms with van der Waals surface area (Å²) in [5.41, 5.74) is 0.932. The number of hydrogen-bond acceptors (Lipinski definition) is 5. The number of carbonyl (C=O) groups is 1. The van der Waals surface area contributed by atoms with E-state index in [0.29, 0.717) is 36.3 Å². The molecule has 0 aliphatic heterocycles. The minimum absolute atomic E-state index is 0.287. The zero-order chi connectivity index (χ0) is 17.6. The fraction of sp³-hybridized carbons (Fsp3) is 0.211. The molecule has 0 unspecified atom stereocenters. The Hall–Kier alpha value is -3.15. The van der Waals surface area contributed by atoms with Crippen LogP contribution in [0.1, 0.15) is 23.0 Å². The first kappa shape index (κ1) is 16.7. The van der Waals surface area contributed by atoms with Crippen LogP contribution in [0, 0.1) is 0 Å². The molecule has 0 saturated heterocycles. The van der Waals surface area contributed by atoms with E-state index in [1.165, 1.54) is 6.07 Å². The van der Waals surface area contributed by atoms with Crippen molar-refractivity contribution in [2.45, 2.75) is 13.3 Å². The predicted octanol–water partition coefficient (Wildman–Crippen LogP) is 2.56. The zero-order valence-corrected chi connectivity index (χ0v) is 13.8. The minimum Gasteiger partial charge on any atom is -0.494 e. The lowest BCUT2D eigenvalue weighted by molar-refractivity contribution is 0.0955. The average molecular weight is 338 g/mol. The number of benzene rings is 1. The number of carbonyl (C=O) groups excluding carboxylic acids is 1. The van der Waals surface area contributed by atoms with Gasteiger partial charge in [0.05, 0.1) is 12.2 Å². The third-order valence-electron chi connectivity index (χ3n) is 3.66. The quantitative estimate of drug-likeness (QED) is 0.699. The zero-order valence-electron chi connectivity index (χ0n) is 13.8. The molecule has 6 nitrogen and oxygen atoms in total. The first-order valence-electron chi connectivity index (χ1n) is 8.06. The van der Waals surface area contributed by atoms with Crippen molar-refractivity contribution < 1.29 is 13.9 Å². The number of amides is 1. The molecule has 0 atom stereocenters. The largest absolute Gasteiger partial charge is 0.494 e. The summed E-state index contributed by atoms with van der Waals surface area (Å²) >= 11 is 0. The Morgan fingerprint density at radius 2 is 2.12 bits per heavy atom. The highest BCUT2D eigenvalue weighted by Crippen LogP contribution is 2.22. The van der Waals surface area contributed by atoms with E-state index in [1.54, 1.807) is 24.4 Å². The molecule has 0 aliphatic rings. The summed E-state index contributed by atoms with van der Waals surface area (Å²) in [7, 11) is 0. The molecule has 1 amide bonds. The summed E-state index contributed by atoms with van der Waals surface area (Å²) in [6.07, 6.45) is 2.32. The number of nitrogens with one attached hydrogen (secondary N) is 1. The molecule has 1 aromatic carbocycles. The molecule has 1 N–H and O–H groups in total. The van der Waals surface area contributed by atoms with Crippen LogP contribution in [0.25, 0.3) is 11.0 Å². The third kappa shape index (κ3) is 4.03. The van der Waals surface area contributed by atoms with Gasteiger partial charge in [-0.1, -0.05) is 6.07 Å². The monoisotopic (exact) mass is 338 g/mol. The van der Waals surface area contributed by atoms with Crippen molar-refractivity contribution >= 4 is 16.9 Å². The van der Waals surface area contributed by atoms with Crippen LogP contribution in [0.4, 0.5) is 0 Å². The van der Waals surface area contributed by atoms with Gasteiger partial charge in [-0.05, 0) is 31.2 Å². The molecule has 6 heteroatoms. The fourth-order valence-electron chi connectivity index (χ4n) is 2.53. The Bertz CT molecular complexity index is 935. The van der Waals surface area contributed by atoms with Crippen molar-refractivity contribution in [3.63, 3.8) is 0 Å². The number of aromatic nitrogens is 1. The second-order valence-corrected chi connectivity index (χ2v) is 5.40. The highest BCUT2D eigenvalue weighted by atomic mass is 16.5. The van der Waals surface area contributed by atoms with Crippen LogP contribution < -0.4 is 15.7 Å². The third-order valence-corrected chi connectivity index (χ3v) is 3.66. The Kier molecular flexibility index (Phi) is 5.09. The average Bonchev–Trinajstić information content (AvgIpc) is 2.62. The van der Waals surface area contributed by atoms with Crippen molar-refractivity contribution in [1.29, 1.82) is 0 Å². The van der Waals surface area contributed by atoms with Crippen LogP contribution in [-0.2, 0) is 6.42 Å². The Balaban J connectivity index is 1.79. The van der Waals surface area contributed by atoms with Gasteiger partial charge in [-0.15, -0.1) is 0 Å². The maximum atomic E-state index is 12.5. The van der Waals surface area contributed by atoms with Gasteiger partial charge in [-0.2, -0.15) is 0 Å². The van der Waals surface area contributed by atoms with E-state index in [0.717, 1.165) is 5.69 Å². The standard InChI is InChI=1S/C19H18N2O4/c1-2-24-14-6-7-15-16(12-18(22)25-17(15)11-14)19(23)21-10-8-13-5-3-4-9-20-13/h3-7,9,11-12H,2,8,10H2,1H3,(H,21,23). The molecule has 0 radical (unpaired) electrons. The molecule has 128 valence electrons. The summed E-state index contributed by atoms with van der Waals surface area (Å²) in [6.45, 7) is 2.80. The van der Waals surface area contributed by atoms with Gasteiger partial charge in [0.15, 0.2) is 0 Å². The lowest BCUT2D eigenvalue weighted by Crippen LogP contribution is -2.27. The van der Waals surface area contributed by atoms with Crippen LogP contribution in [0.5, 0.6) is 5.75 Å². The molecule has 0 spiro atoms. The van der Waals surface area contributed by atoms with Crippen molar-refractivity contribution in [1.82, 2.24) is 10.3 Å². The van der Waals surface area contributed by atoms with Gasteiger partial charge in [0, 0.05) is 42.4 Å². The van der Waals surface area contributed by atoms with E-state index in [-0.39, 0.29) is 11.5 Å². The molecular weight excluding hydrogens is 320 g/mol. The first-order chi connectivity index (χ1) is 12.2. The van der Waals surface area contributed by atoms with E-state index in [2.05, 4.69) is 10.3 Å². The number of hydrogen-bond donors (Lipinski definition) is 1. The minimum atomic E-state index is -0.573. The molecular formula is C19H18N2O4. The molecule has 25 heavy (non-hydrogen) atoms. The van der Waals surface area contributed by atoms with E-state index >= 15 is 0 Å². The van der Waals surface area contributed by atoms with E-state index < -0.39 is 5.63 Å². The summed E-state index contributed by atoms with van der Waals surface area (Å²) in [6, 6.07) is 11.9. The SMILES string of the molecule is CCOc1ccc2c(C(=O)NCCc3ccccn3)cc(=O)oc2c1. The number of nitrogens with zero attached hydrogens (tertiary/aromatic N) is 1. The second kappa shape index (κ2) is 7.61. The van der Waals surface area contributed by atoms with Gasteiger partial charge in [0.2, 0.25) is 0 Å². The predicted molar refractivity (Wildman–Crippen MR) is 93.9 cm³/mol. The highest BCUT2D eigenvalue weighted by molar-refractivity contribution is 6.05. The van der Waals surface area contributed by atoms with Crippen molar-refractivity contribution in [2.24, 2.45) is 0 Å². The van der Waals surface area contributed by atoms with Crippen LogP contribution in [0.2, 0.25) is 0 Å². The van der Waals surface area contributed by atoms with Gasteiger partial charge in [-0.25, -0.2) is 4.79 Å². The van der Waals surface area contributed by atoms with E-state index in [4.69, 9.17) is 9.15 Å². The number of pyridine rings is 1. The lowest BCUT2D eigenvalue weighted by Gasteiger charge is -2.08. The Morgan fingerprint density at radius 3 is 2.88 bits per heavy atom. The molecule has 3 aromatic rings. The number of ether oxygens (including phenoxy) is 1. The molecule has 0 fully saturated rings. The van der Waals surface area contributed by atoms with Gasteiger partial charge < -0.3 is 14.5 Å². The maximum absolute atomic E-state index is 12.5. The summed E-state index contributed by atoms with van der Waals surface area (Å²) < 4.78 is 10.6. The highest BCUT2D eigenvalue weighted by Gasteiger charge is 2.13. The molecule has 0 bridgehead atoms. The fourth-order valence-corrected chi connectivity index (χ4v) is 2.53. The first-order valence-corrected chi connectivity index (χ1v) is 8.06. The smallest absolute Gasteiger partial charge is 0.337 e. The summed E-state index contributed by atoms with van der Waals surface area (Å²) in [5.74, 6) is 0.267. The van der Waals surface area contributed by atoms with Crippen molar-refractivity contribution in [3.05, 3.63) is 70.3 Å². The topological polar surface area (TPSA) is 81.4 Å². The normalized spacial score (nSPS) is 10.6. The molecule has 2 aromatic heterocycles. The molecule has 2 heterocycles. The van der Waals surface area contributed by atoms with Gasteiger partial charge in [0.1, 0.15) is 11.3 Å². The summed E-state index contributed by atoms with van der Waals surface area (Å²) in [5, 5.41) is 3.38. The molecule has 0 aliphatic carbocycles. The van der Waals surface area contributed by atoms with Gasteiger partial charge >= 0.3 is 5.63 Å². The number of rotatable bonds is 6. The maximum Gasteiger partial charge on any atom is 0.337 e. The Morgan fingerprint density at radius 1 is 1.24 bits per heavy atom. The van der Waals surface area contributed by atoms with Crippen LogP contribution in [-0.4, -0.2) is 24.0 Å². The molecule has 3 rings (SSSR count). The van der Waals surface area contributed by atoms with E-state index in [1.807, 2.05) is 25.1 Å². The van der Waals surface area contributed by atoms with Crippen LogP contribution >= 0.6 is 0 Å². The Labute approximate surface area is 144 Å². The van der Waals surface area contributed by atoms with E-state index in [9.17, 15) is 9.59 Å². The second-order valence-electron chi connectivity index (χ2n) is 5.40. The van der Waals surface area contributed by atoms with Gasteiger partial charge in [-0.3, -0.25) is 9.78 Å². The van der Waals surface area contributed by atoms with Gasteiger partial charge in [0.25, 0.3) is 5.91 Å². The molecule has 0 saturated carbocycles. The van der Waals surface area contributed by atoms with Crippen LogP contribution in [0.3, 0.4) is 0 Å². The lowest BCUT2D eigenvalue weighted by atomic mass is 10.1.